The zero-order valence-electron chi connectivity index (χ0n) is 5.89. The molecule has 1 atom stereocenters. The molecule has 0 aromatic carbocycles. The molecule has 1 N–H and O–H groups in total. The molecule has 0 radical (unpaired) electrons. The lowest BCUT2D eigenvalue weighted by Crippen LogP contribution is -2.50. The molecular formula is C5H8F3N3. The second-order valence-electron chi connectivity index (χ2n) is 2.30. The van der Waals surface area contributed by atoms with Crippen LogP contribution in [0, 0.1) is 0 Å². The summed E-state index contributed by atoms with van der Waals surface area (Å²) in [5.74, 6) is 0. The highest BCUT2D eigenvalue weighted by Gasteiger charge is 2.39. The van der Waals surface area contributed by atoms with Gasteiger partial charge in [-0.3, -0.25) is 10.3 Å². The number of rotatable bonds is 0. The van der Waals surface area contributed by atoms with Gasteiger partial charge in [-0.1, -0.05) is 0 Å². The van der Waals surface area contributed by atoms with E-state index in [1.54, 1.807) is 7.05 Å². The Morgan fingerprint density at radius 2 is 2.27 bits per heavy atom. The molecule has 3 nitrogen and oxygen atoms in total. The minimum atomic E-state index is -4.23. The molecule has 0 saturated heterocycles. The van der Waals surface area contributed by atoms with Gasteiger partial charge in [0, 0.05) is 7.05 Å². The minimum Gasteiger partial charge on any atom is -0.286 e. The summed E-state index contributed by atoms with van der Waals surface area (Å²) in [7, 11) is 1.59. The Morgan fingerprint density at radius 1 is 1.64 bits per heavy atom. The van der Waals surface area contributed by atoms with Gasteiger partial charge in [0.05, 0.1) is 12.9 Å². The van der Waals surface area contributed by atoms with Gasteiger partial charge in [0.2, 0.25) is 0 Å². The maximum atomic E-state index is 11.9. The Bertz CT molecular complexity index is 165. The Morgan fingerprint density at radius 3 is 2.64 bits per heavy atom. The Labute approximate surface area is 61.9 Å². The summed E-state index contributed by atoms with van der Waals surface area (Å²) in [6.45, 7) is 0.126. The van der Waals surface area contributed by atoms with Crippen LogP contribution in [0.3, 0.4) is 0 Å². The number of nitrogens with zero attached hydrogens (tertiary/aromatic N) is 2. The molecule has 1 unspecified atom stereocenters. The summed E-state index contributed by atoms with van der Waals surface area (Å²) in [5, 5.41) is 7.16. The van der Waals surface area contributed by atoms with Crippen LogP contribution < -0.4 is 5.32 Å². The molecule has 0 bridgehead atoms. The van der Waals surface area contributed by atoms with Gasteiger partial charge in [0.15, 0.2) is 0 Å². The summed E-state index contributed by atoms with van der Waals surface area (Å²) in [6, 6.07) is -1.60. The molecule has 0 aromatic rings. The average Bonchev–Trinajstić information content (AvgIpc) is 1.86. The molecule has 1 rings (SSSR count). The zero-order valence-corrected chi connectivity index (χ0v) is 5.89. The van der Waals surface area contributed by atoms with Crippen LogP contribution in [0.15, 0.2) is 5.10 Å². The highest BCUT2D eigenvalue weighted by atomic mass is 19.4. The van der Waals surface area contributed by atoms with Gasteiger partial charge in [-0.15, -0.1) is 0 Å². The van der Waals surface area contributed by atoms with Crippen molar-refractivity contribution >= 4 is 6.21 Å². The van der Waals surface area contributed by atoms with Crippen molar-refractivity contribution in [2.75, 3.05) is 13.7 Å². The predicted octanol–water partition coefficient (Wildman–Crippen LogP) is 0.396. The molecule has 1 aliphatic rings. The van der Waals surface area contributed by atoms with Crippen LogP contribution in [-0.4, -0.2) is 37.2 Å². The molecule has 6 heteroatoms. The van der Waals surface area contributed by atoms with Crippen LogP contribution in [0.2, 0.25) is 0 Å². The second kappa shape index (κ2) is 2.69. The molecule has 0 saturated carbocycles. The zero-order chi connectivity index (χ0) is 8.48. The van der Waals surface area contributed by atoms with Gasteiger partial charge in [0.25, 0.3) is 0 Å². The first-order valence-electron chi connectivity index (χ1n) is 3.05. The molecule has 0 fully saturated rings. The number of halogens is 3. The van der Waals surface area contributed by atoms with E-state index in [4.69, 9.17) is 0 Å². The molecule has 11 heavy (non-hydrogen) atoms. The van der Waals surface area contributed by atoms with Crippen LogP contribution >= 0.6 is 0 Å². The highest BCUT2D eigenvalue weighted by Crippen LogP contribution is 2.19. The largest absolute Gasteiger partial charge is 0.408 e. The fraction of sp³-hybridized carbons (Fsp3) is 0.800. The monoisotopic (exact) mass is 167 g/mol. The molecule has 0 aromatic heterocycles. The second-order valence-corrected chi connectivity index (χ2v) is 2.30. The van der Waals surface area contributed by atoms with E-state index in [-0.39, 0.29) is 6.67 Å². The van der Waals surface area contributed by atoms with Crippen molar-refractivity contribution < 1.29 is 13.2 Å². The minimum absolute atomic E-state index is 0.126. The topological polar surface area (TPSA) is 27.6 Å². The van der Waals surface area contributed by atoms with Crippen molar-refractivity contribution in [1.82, 2.24) is 10.3 Å². The summed E-state index contributed by atoms with van der Waals surface area (Å²) >= 11 is 0. The third-order valence-corrected chi connectivity index (χ3v) is 1.31. The predicted molar refractivity (Wildman–Crippen MR) is 34.1 cm³/mol. The summed E-state index contributed by atoms with van der Waals surface area (Å²) in [4.78, 5) is 0. The van der Waals surface area contributed by atoms with E-state index in [2.05, 4.69) is 10.4 Å². The van der Waals surface area contributed by atoms with Crippen molar-refractivity contribution in [2.24, 2.45) is 5.10 Å². The number of hydrogen-bond donors (Lipinski definition) is 1. The molecule has 0 amide bonds. The smallest absolute Gasteiger partial charge is 0.286 e. The fourth-order valence-corrected chi connectivity index (χ4v) is 0.705. The van der Waals surface area contributed by atoms with Crippen molar-refractivity contribution in [1.29, 1.82) is 0 Å². The third kappa shape index (κ3) is 2.07. The van der Waals surface area contributed by atoms with Crippen molar-refractivity contribution in [2.45, 2.75) is 12.2 Å². The molecule has 0 spiro atoms. The van der Waals surface area contributed by atoms with E-state index < -0.39 is 12.2 Å². The Balaban J connectivity index is 2.57. The molecule has 1 aliphatic heterocycles. The third-order valence-electron chi connectivity index (χ3n) is 1.31. The Hall–Kier alpha value is -0.780. The van der Waals surface area contributed by atoms with Crippen LogP contribution in [0.4, 0.5) is 13.2 Å². The van der Waals surface area contributed by atoms with E-state index in [1.807, 2.05) is 0 Å². The summed E-state index contributed by atoms with van der Waals surface area (Å²) in [5.41, 5.74) is 0. The number of alkyl halides is 3. The standard InChI is InChI=1S/C5H8F3N3/c1-11-3-9-4(2-10-11)5(6,7)8/h2,4,9H,3H2,1H3. The van der Waals surface area contributed by atoms with E-state index in [0.29, 0.717) is 0 Å². The summed E-state index contributed by atoms with van der Waals surface area (Å²) < 4.78 is 35.7. The number of hydrogen-bond acceptors (Lipinski definition) is 3. The van der Waals surface area contributed by atoms with Crippen molar-refractivity contribution in [3.63, 3.8) is 0 Å². The van der Waals surface area contributed by atoms with E-state index >= 15 is 0 Å². The SMILES string of the molecule is CN1CNC(C(F)(F)F)C=N1. The first-order valence-corrected chi connectivity index (χ1v) is 3.05. The number of nitrogens with one attached hydrogen (secondary N) is 1. The maximum absolute atomic E-state index is 11.9. The molecule has 0 aliphatic carbocycles. The first-order chi connectivity index (χ1) is 5.00. The van der Waals surface area contributed by atoms with E-state index in [0.717, 1.165) is 6.21 Å². The first kappa shape index (κ1) is 8.32. The Kier molecular flexibility index (Phi) is 2.03. The van der Waals surface area contributed by atoms with Crippen molar-refractivity contribution in [3.8, 4) is 0 Å². The highest BCUT2D eigenvalue weighted by molar-refractivity contribution is 5.65. The van der Waals surface area contributed by atoms with Gasteiger partial charge < -0.3 is 0 Å². The lowest BCUT2D eigenvalue weighted by molar-refractivity contribution is -0.141. The van der Waals surface area contributed by atoms with Gasteiger partial charge in [0.1, 0.15) is 6.04 Å². The van der Waals surface area contributed by atoms with Gasteiger partial charge in [-0.05, 0) is 0 Å². The van der Waals surface area contributed by atoms with Crippen LogP contribution in [0.1, 0.15) is 0 Å². The lowest BCUT2D eigenvalue weighted by atomic mass is 10.3. The molecular weight excluding hydrogens is 159 g/mol. The normalized spacial score (nSPS) is 25.8. The van der Waals surface area contributed by atoms with Gasteiger partial charge in [-0.25, -0.2) is 0 Å². The van der Waals surface area contributed by atoms with Crippen molar-refractivity contribution in [3.05, 3.63) is 0 Å². The van der Waals surface area contributed by atoms with E-state index in [1.165, 1.54) is 5.01 Å². The van der Waals surface area contributed by atoms with Gasteiger partial charge >= 0.3 is 6.18 Å². The van der Waals surface area contributed by atoms with E-state index in [9.17, 15) is 13.2 Å². The lowest BCUT2D eigenvalue weighted by Gasteiger charge is -2.25. The average molecular weight is 167 g/mol. The van der Waals surface area contributed by atoms with Crippen LogP contribution in [0.25, 0.3) is 0 Å². The number of hydrazone groups is 1. The van der Waals surface area contributed by atoms with Gasteiger partial charge in [-0.2, -0.15) is 18.3 Å². The summed E-state index contributed by atoms with van der Waals surface area (Å²) in [6.07, 6.45) is -3.38. The molecule has 1 heterocycles. The molecule has 64 valence electrons. The quantitative estimate of drug-likeness (QED) is 0.565. The maximum Gasteiger partial charge on any atom is 0.408 e. The fourth-order valence-electron chi connectivity index (χ4n) is 0.705. The van der Waals surface area contributed by atoms with Crippen LogP contribution in [-0.2, 0) is 0 Å². The van der Waals surface area contributed by atoms with Crippen LogP contribution in [0.5, 0.6) is 0 Å².